The fraction of sp³-hybridized carbons (Fsp3) is 0.396. The predicted octanol–water partition coefficient (Wildman–Crippen LogP) is 4.49. The molecule has 0 aliphatic carbocycles. The van der Waals surface area contributed by atoms with Crippen LogP contribution in [-0.2, 0) is 70.3 Å². The van der Waals surface area contributed by atoms with Crippen molar-refractivity contribution in [2.24, 2.45) is 5.73 Å². The van der Waals surface area contributed by atoms with Gasteiger partial charge in [0.1, 0.15) is 60.2 Å². The number of fused-ring (bicyclic) bond motifs is 4. The molecule has 6 aliphatic heterocycles. The summed E-state index contributed by atoms with van der Waals surface area (Å²) in [5.41, 5.74) is 9.64. The number of hydrogen-bond acceptors (Lipinski definition) is 15. The Balaban J connectivity index is 0.000000189. The summed E-state index contributed by atoms with van der Waals surface area (Å²) in [6.45, 7) is 2.44. The second-order valence-electron chi connectivity index (χ2n) is 17.2. The number of carbonyl (C=O) groups is 7. The number of ketones is 2. The van der Waals surface area contributed by atoms with E-state index < -0.39 is 18.0 Å². The number of anilines is 4. The van der Waals surface area contributed by atoms with Crippen molar-refractivity contribution in [1.82, 2.24) is 15.3 Å². The minimum atomic E-state index is -0.583. The van der Waals surface area contributed by atoms with Crippen LogP contribution in [0, 0.1) is 11.6 Å². The molecule has 3 N–H and O–H groups in total. The van der Waals surface area contributed by atoms with Crippen molar-refractivity contribution in [3.63, 3.8) is 0 Å². The number of likely N-dealkylation sites (N-methyl/N-ethyl adjacent to an activating group) is 2. The summed E-state index contributed by atoms with van der Waals surface area (Å²) < 4.78 is 49.0. The fourth-order valence-corrected chi connectivity index (χ4v) is 8.78. The molecule has 75 heavy (non-hydrogen) atoms. The van der Waals surface area contributed by atoms with Gasteiger partial charge < -0.3 is 39.8 Å². The molecule has 2 fully saturated rings. The van der Waals surface area contributed by atoms with E-state index >= 15 is 0 Å². The van der Waals surface area contributed by atoms with Crippen LogP contribution < -0.4 is 53.4 Å². The molecule has 0 bridgehead atoms. The molecule has 0 spiro atoms. The first kappa shape index (κ1) is 61.1. The quantitative estimate of drug-likeness (QED) is 0.113. The van der Waals surface area contributed by atoms with Gasteiger partial charge in [0.15, 0.2) is 17.9 Å². The van der Waals surface area contributed by atoms with Crippen LogP contribution in [0.15, 0.2) is 48.5 Å². The third-order valence-corrected chi connectivity index (χ3v) is 12.3. The molecule has 2 unspecified atom stereocenters. The summed E-state index contributed by atoms with van der Waals surface area (Å²) in [5.74, 6) is 0.957. The van der Waals surface area contributed by atoms with Crippen molar-refractivity contribution < 1.29 is 84.0 Å². The van der Waals surface area contributed by atoms with E-state index in [1.54, 1.807) is 50.5 Å². The molecule has 0 saturated carbocycles. The fourth-order valence-electron chi connectivity index (χ4n) is 8.78. The Morgan fingerprint density at radius 1 is 0.720 bits per heavy atom. The van der Waals surface area contributed by atoms with E-state index in [2.05, 4.69) is 92.5 Å². The first-order valence-corrected chi connectivity index (χ1v) is 44.7. The number of nitrogens with zero attached hydrogens (tertiary/aromatic N) is 6. The van der Waals surface area contributed by atoms with E-state index in [1.165, 1.54) is 31.7 Å². The Kier molecular flexibility index (Phi) is 24.2. The normalized spacial score (nSPS) is 17.8. The second kappa shape index (κ2) is 29.7. The zero-order chi connectivity index (χ0) is 54.3. The number of halogens is 7. The summed E-state index contributed by atoms with van der Waals surface area (Å²) in [6.07, 6.45) is 3.00. The maximum absolute atomic E-state index is 14.4. The Bertz CT molecular complexity index is 2790. The van der Waals surface area contributed by atoms with Gasteiger partial charge in [0.2, 0.25) is 11.8 Å². The zero-order valence-corrected chi connectivity index (χ0v) is 52.5. The van der Waals surface area contributed by atoms with Crippen molar-refractivity contribution in [3.8, 4) is 11.5 Å². The molecule has 2 atom stereocenters. The van der Waals surface area contributed by atoms with Gasteiger partial charge in [-0.05, 0) is 86.3 Å². The van der Waals surface area contributed by atoms with Crippen molar-refractivity contribution >= 4 is 142 Å². The molecule has 2 saturated heterocycles. The van der Waals surface area contributed by atoms with E-state index in [9.17, 15) is 42.3 Å². The van der Waals surface area contributed by atoms with Crippen molar-refractivity contribution in [2.45, 2.75) is 70.1 Å². The first-order valence-electron chi connectivity index (χ1n) is 23.1. The predicted molar refractivity (Wildman–Crippen MR) is 300 cm³/mol. The molecule has 403 valence electrons. The van der Waals surface area contributed by atoms with Gasteiger partial charge in [0, 0.05) is 26.2 Å². The Hall–Kier alpha value is -3.16. The van der Waals surface area contributed by atoms with Gasteiger partial charge >= 0.3 is 112 Å². The summed E-state index contributed by atoms with van der Waals surface area (Å²) in [5, 5.41) is 3.23. The van der Waals surface area contributed by atoms with Crippen molar-refractivity contribution in [1.29, 1.82) is 0 Å². The van der Waals surface area contributed by atoms with Crippen LogP contribution in [0.2, 0.25) is 0 Å². The van der Waals surface area contributed by atoms with Gasteiger partial charge in [-0.15, -0.1) is 0 Å². The Labute approximate surface area is 490 Å². The number of Topliss-reactive ketones (excluding diaryl/α,β-unsaturated/α-hetero) is 2. The van der Waals surface area contributed by atoms with Crippen molar-refractivity contribution in [2.75, 3.05) is 73.1 Å². The number of benzene rings is 2. The van der Waals surface area contributed by atoms with Crippen LogP contribution in [0.25, 0.3) is 0 Å². The number of rotatable bonds is 12. The van der Waals surface area contributed by atoms with Gasteiger partial charge in [-0.2, -0.15) is 0 Å². The van der Waals surface area contributed by atoms with Crippen LogP contribution in [0.4, 0.5) is 41.4 Å². The Morgan fingerprint density at radius 3 is 1.68 bits per heavy atom. The van der Waals surface area contributed by atoms with Crippen LogP contribution in [-0.4, -0.2) is 118 Å². The third-order valence-electron chi connectivity index (χ3n) is 12.3. The molecule has 27 heteroatoms. The van der Waals surface area contributed by atoms with Gasteiger partial charge in [-0.25, -0.2) is 28.3 Å². The number of nitrogens with two attached hydrogens (primary N) is 1. The summed E-state index contributed by atoms with van der Waals surface area (Å²) in [7, 11) is 3.84. The average Bonchev–Trinajstić information content (AvgIpc) is 4.13. The standard InChI is InChI=1S/C24H25FN4O5.C14H17N3O4.C10H8FNO2.I3.2HI.V/c1-28-22(31)9-14-4-5-18(25)17(23(14)28)11-26-8-2-3-16-12-29(24(32)34-16)21-7-6-20-19(27-21)10-15(30)13-33-20;15-5-1-2-10-7-17(14(19)21-10)13-4-3-12-11(16-13)6-9(18)8-20-12;1-12-9(14)4-6-2-3-8(11)7(5-13)10(6)12;1-3-2;;;/h4-7,16,26H,2-3,8-13H2,1H3;3-4,10H,1-2,5-8,15H2;2-3,5H,4H2,1H3;;2*1H;/q;;;-1;;;+2/p-2. The molecular formula is C48H50F2I5N8O11V-. The third kappa shape index (κ3) is 16.0. The number of nitrogens with one attached hydrogen (secondary N) is 1. The topological polar surface area (TPSA) is 233 Å². The van der Waals surface area contributed by atoms with Crippen LogP contribution in [0.5, 0.6) is 11.5 Å². The average molecular weight is 1640 g/mol. The molecule has 2 aromatic heterocycles. The number of pyridine rings is 2. The number of hydrogen-bond donors (Lipinski definition) is 2. The summed E-state index contributed by atoms with van der Waals surface area (Å²) in [6, 6.07) is 12.7. The monoisotopic (exact) mass is 1640 g/mol. The molecule has 8 heterocycles. The van der Waals surface area contributed by atoms with Gasteiger partial charge in [-0.1, -0.05) is 12.1 Å². The van der Waals surface area contributed by atoms with Crippen LogP contribution >= 0.6 is 77.2 Å². The van der Waals surface area contributed by atoms with E-state index in [0.29, 0.717) is 132 Å². The minimum absolute atomic E-state index is 0.0167. The molecule has 2 aromatic carbocycles. The maximum atomic E-state index is 14.4. The van der Waals surface area contributed by atoms with Crippen LogP contribution in [0.1, 0.15) is 64.1 Å². The molecule has 4 amide bonds. The van der Waals surface area contributed by atoms with Crippen LogP contribution in [0.3, 0.4) is 0 Å². The molecule has 4 aromatic rings. The van der Waals surface area contributed by atoms with E-state index in [0.717, 1.165) is 24.8 Å². The molecule has 10 rings (SSSR count). The molecule has 19 nitrogen and oxygen atoms in total. The van der Waals surface area contributed by atoms with E-state index in [-0.39, 0.29) is 79.4 Å². The van der Waals surface area contributed by atoms with Gasteiger partial charge in [-0.3, -0.25) is 33.8 Å². The number of ether oxygens (including phenoxy) is 4. The molecule has 6 aliphatic rings. The summed E-state index contributed by atoms with van der Waals surface area (Å²) in [4.78, 5) is 95.8. The van der Waals surface area contributed by atoms with Crippen molar-refractivity contribution in [3.05, 3.63) is 93.8 Å². The van der Waals surface area contributed by atoms with E-state index in [4.69, 9.17) is 24.7 Å². The SMILES string of the molecule is CN1C(=O)Cc2ccc(F)c(C=O)c21.CN1C(=O)Cc2ccc(F)c(CNCCCC3CN(c4ccc5c(n4)CC(=O)CO5)C(=O)O3)c21.I[I-]I.NCCCC1CN(c2ccc3c(n2)CC(=O)CO3)C(=O)O1.[I][V][I]. The molecule has 0 radical (unpaired) electrons. The van der Waals surface area contributed by atoms with Gasteiger partial charge in [0.05, 0.1) is 67.1 Å². The number of cyclic esters (lactones) is 2. The first-order chi connectivity index (χ1) is 36.0. The number of aromatic nitrogens is 2. The number of aldehydes is 1. The number of carbonyl (C=O) groups excluding carboxylic acids is 7. The van der Waals surface area contributed by atoms with E-state index in [1.807, 2.05) is 0 Å². The summed E-state index contributed by atoms with van der Waals surface area (Å²) >= 11 is 10.0. The number of amides is 4. The second-order valence-corrected chi connectivity index (χ2v) is 45.3. The molecular weight excluding hydrogens is 1590 g/mol. The Morgan fingerprint density at radius 2 is 1.19 bits per heavy atom. The zero-order valence-electron chi connectivity index (χ0n) is 40.3. The van der Waals surface area contributed by atoms with Gasteiger partial charge in [0.25, 0.3) is 0 Å².